The highest BCUT2D eigenvalue weighted by Crippen LogP contribution is 2.30. The first-order chi connectivity index (χ1) is 7.58. The summed E-state index contributed by atoms with van der Waals surface area (Å²) in [6, 6.07) is 1.87. The molecule has 1 saturated heterocycles. The third kappa shape index (κ3) is 2.63. The zero-order valence-corrected chi connectivity index (χ0v) is 12.1. The zero-order valence-electron chi connectivity index (χ0n) is 8.96. The van der Waals surface area contributed by atoms with Crippen LogP contribution in [-0.4, -0.2) is 23.5 Å². The summed E-state index contributed by atoms with van der Waals surface area (Å²) in [6.45, 7) is 3.97. The van der Waals surface area contributed by atoms with Gasteiger partial charge >= 0.3 is 0 Å². The predicted octanol–water partition coefficient (Wildman–Crippen LogP) is 3.95. The van der Waals surface area contributed by atoms with Gasteiger partial charge in [0, 0.05) is 23.8 Å². The van der Waals surface area contributed by atoms with Crippen molar-refractivity contribution >= 4 is 44.9 Å². The standard InChI is InChI=1S/C11H13BrCl2N2/c1-7-2-3-16(6-10(7)14)11-9(13)4-8(12)5-15-11/h4-5,7,10H,2-3,6H2,1H3. The number of nitrogens with zero attached hydrogens (tertiary/aromatic N) is 2. The predicted molar refractivity (Wildman–Crippen MR) is 72.6 cm³/mol. The number of hydrogen-bond donors (Lipinski definition) is 0. The van der Waals surface area contributed by atoms with E-state index in [2.05, 4.69) is 32.7 Å². The number of hydrogen-bond acceptors (Lipinski definition) is 2. The van der Waals surface area contributed by atoms with E-state index < -0.39 is 0 Å². The smallest absolute Gasteiger partial charge is 0.147 e. The summed E-state index contributed by atoms with van der Waals surface area (Å²) < 4.78 is 0.897. The average Bonchev–Trinajstić information content (AvgIpc) is 2.22. The van der Waals surface area contributed by atoms with Crippen molar-refractivity contribution in [2.45, 2.75) is 18.7 Å². The molecule has 0 bridgehead atoms. The van der Waals surface area contributed by atoms with Gasteiger partial charge in [-0.05, 0) is 34.3 Å². The van der Waals surface area contributed by atoms with Crippen LogP contribution in [0.1, 0.15) is 13.3 Å². The summed E-state index contributed by atoms with van der Waals surface area (Å²) in [5.74, 6) is 1.40. The number of halogens is 3. The fourth-order valence-electron chi connectivity index (χ4n) is 1.85. The quantitative estimate of drug-likeness (QED) is 0.727. The Labute approximate surface area is 114 Å². The van der Waals surface area contributed by atoms with E-state index in [0.29, 0.717) is 10.9 Å². The number of anilines is 1. The van der Waals surface area contributed by atoms with Crippen LogP contribution in [0.25, 0.3) is 0 Å². The Morgan fingerprint density at radius 1 is 1.56 bits per heavy atom. The highest BCUT2D eigenvalue weighted by molar-refractivity contribution is 9.10. The first-order valence-corrected chi connectivity index (χ1v) is 6.88. The summed E-state index contributed by atoms with van der Waals surface area (Å²) in [5, 5.41) is 0.850. The van der Waals surface area contributed by atoms with Crippen molar-refractivity contribution in [2.75, 3.05) is 18.0 Å². The van der Waals surface area contributed by atoms with Gasteiger partial charge in [-0.3, -0.25) is 0 Å². The second-order valence-corrected chi connectivity index (χ2v) is 6.07. The SMILES string of the molecule is CC1CCN(c2ncc(Br)cc2Cl)CC1Cl. The molecule has 1 fully saturated rings. The number of aromatic nitrogens is 1. The van der Waals surface area contributed by atoms with Crippen molar-refractivity contribution in [3.05, 3.63) is 21.8 Å². The summed E-state index contributed by atoms with van der Waals surface area (Å²) in [6.07, 6.45) is 2.85. The van der Waals surface area contributed by atoms with Crippen molar-refractivity contribution < 1.29 is 0 Å². The Hall–Kier alpha value is 0.01000. The largest absolute Gasteiger partial charge is 0.354 e. The molecule has 0 amide bonds. The van der Waals surface area contributed by atoms with Crippen LogP contribution in [0, 0.1) is 5.92 Å². The maximum Gasteiger partial charge on any atom is 0.147 e. The number of rotatable bonds is 1. The van der Waals surface area contributed by atoms with E-state index in [1.54, 1.807) is 6.20 Å². The second-order valence-electron chi connectivity index (χ2n) is 4.19. The molecule has 16 heavy (non-hydrogen) atoms. The van der Waals surface area contributed by atoms with Gasteiger partial charge in [-0.25, -0.2) is 4.98 Å². The summed E-state index contributed by atoms with van der Waals surface area (Å²) in [7, 11) is 0. The molecule has 2 unspecified atom stereocenters. The number of alkyl halides is 1. The molecule has 0 aliphatic carbocycles. The average molecular weight is 324 g/mol. The summed E-state index contributed by atoms with van der Waals surface area (Å²) in [5.41, 5.74) is 0. The molecule has 0 saturated carbocycles. The third-order valence-corrected chi connectivity index (χ3v) is 4.23. The fraction of sp³-hybridized carbons (Fsp3) is 0.545. The van der Waals surface area contributed by atoms with E-state index in [0.717, 1.165) is 29.8 Å². The van der Waals surface area contributed by atoms with Crippen LogP contribution in [0.2, 0.25) is 5.02 Å². The Morgan fingerprint density at radius 3 is 2.94 bits per heavy atom. The van der Waals surface area contributed by atoms with Crippen LogP contribution in [0.3, 0.4) is 0 Å². The third-order valence-electron chi connectivity index (χ3n) is 2.95. The minimum absolute atomic E-state index is 0.176. The molecule has 2 atom stereocenters. The van der Waals surface area contributed by atoms with Gasteiger partial charge in [0.15, 0.2) is 0 Å². The van der Waals surface area contributed by atoms with Gasteiger partial charge in [-0.15, -0.1) is 11.6 Å². The molecule has 2 heterocycles. The van der Waals surface area contributed by atoms with Crippen molar-refractivity contribution in [1.29, 1.82) is 0 Å². The molecule has 0 spiro atoms. The maximum absolute atomic E-state index is 6.27. The van der Waals surface area contributed by atoms with Gasteiger partial charge in [0.1, 0.15) is 5.82 Å². The van der Waals surface area contributed by atoms with Crippen LogP contribution in [0.15, 0.2) is 16.7 Å². The lowest BCUT2D eigenvalue weighted by Gasteiger charge is -2.35. The number of piperidine rings is 1. The van der Waals surface area contributed by atoms with Crippen LogP contribution >= 0.6 is 39.1 Å². The summed E-state index contributed by atoms with van der Waals surface area (Å²) in [4.78, 5) is 6.51. The van der Waals surface area contributed by atoms with Gasteiger partial charge < -0.3 is 4.90 Å². The molecule has 1 aliphatic rings. The molecule has 0 radical (unpaired) electrons. The first-order valence-electron chi connectivity index (χ1n) is 5.28. The van der Waals surface area contributed by atoms with E-state index in [9.17, 15) is 0 Å². The van der Waals surface area contributed by atoms with Crippen LogP contribution in [0.4, 0.5) is 5.82 Å². The molecular formula is C11H13BrCl2N2. The highest BCUT2D eigenvalue weighted by Gasteiger charge is 2.26. The maximum atomic E-state index is 6.27. The zero-order chi connectivity index (χ0) is 11.7. The fourth-order valence-corrected chi connectivity index (χ4v) is 2.90. The molecular weight excluding hydrogens is 311 g/mol. The normalized spacial score (nSPS) is 25.9. The molecule has 1 aliphatic heterocycles. The van der Waals surface area contributed by atoms with Crippen LogP contribution in [-0.2, 0) is 0 Å². The lowest BCUT2D eigenvalue weighted by atomic mass is 9.99. The molecule has 2 nitrogen and oxygen atoms in total. The van der Waals surface area contributed by atoms with Gasteiger partial charge in [-0.2, -0.15) is 0 Å². The van der Waals surface area contributed by atoms with Crippen molar-refractivity contribution in [2.24, 2.45) is 5.92 Å². The van der Waals surface area contributed by atoms with E-state index >= 15 is 0 Å². The first kappa shape index (κ1) is 12.5. The van der Waals surface area contributed by atoms with E-state index in [1.165, 1.54) is 0 Å². The molecule has 88 valence electrons. The molecule has 2 rings (SSSR count). The molecule has 0 N–H and O–H groups in total. The van der Waals surface area contributed by atoms with E-state index in [-0.39, 0.29) is 5.38 Å². The molecule has 1 aromatic heterocycles. The van der Waals surface area contributed by atoms with Crippen LogP contribution in [0.5, 0.6) is 0 Å². The minimum Gasteiger partial charge on any atom is -0.354 e. The van der Waals surface area contributed by atoms with Crippen molar-refractivity contribution in [1.82, 2.24) is 4.98 Å². The Bertz CT molecular complexity index is 386. The Kier molecular flexibility index (Phi) is 3.98. The van der Waals surface area contributed by atoms with Gasteiger partial charge in [0.05, 0.1) is 10.4 Å². The molecule has 0 aromatic carbocycles. The highest BCUT2D eigenvalue weighted by atomic mass is 79.9. The van der Waals surface area contributed by atoms with Gasteiger partial charge in [0.25, 0.3) is 0 Å². The van der Waals surface area contributed by atoms with E-state index in [4.69, 9.17) is 23.2 Å². The topological polar surface area (TPSA) is 16.1 Å². The summed E-state index contributed by atoms with van der Waals surface area (Å²) >= 11 is 15.8. The monoisotopic (exact) mass is 322 g/mol. The van der Waals surface area contributed by atoms with Crippen molar-refractivity contribution in [3.63, 3.8) is 0 Å². The molecule has 1 aromatic rings. The minimum atomic E-state index is 0.176. The lowest BCUT2D eigenvalue weighted by molar-refractivity contribution is 0.444. The van der Waals surface area contributed by atoms with E-state index in [1.807, 2.05) is 6.07 Å². The van der Waals surface area contributed by atoms with Gasteiger partial charge in [-0.1, -0.05) is 18.5 Å². The van der Waals surface area contributed by atoms with Gasteiger partial charge in [0.2, 0.25) is 0 Å². The second kappa shape index (κ2) is 5.11. The van der Waals surface area contributed by atoms with Crippen LogP contribution < -0.4 is 4.90 Å². The molecule has 5 heteroatoms. The lowest BCUT2D eigenvalue weighted by Crippen LogP contribution is -2.40. The Morgan fingerprint density at radius 2 is 2.31 bits per heavy atom. The Balaban J connectivity index is 2.18. The number of pyridine rings is 1. The van der Waals surface area contributed by atoms with Crippen molar-refractivity contribution in [3.8, 4) is 0 Å².